The molecule has 2 aliphatic heterocycles. The summed E-state index contributed by atoms with van der Waals surface area (Å²) in [5.41, 5.74) is -0.408. The summed E-state index contributed by atoms with van der Waals surface area (Å²) in [6, 6.07) is 8.41. The van der Waals surface area contributed by atoms with E-state index in [1.165, 1.54) is 0 Å². The monoisotopic (exact) mass is 461 g/mol. The summed E-state index contributed by atoms with van der Waals surface area (Å²) in [6.07, 6.45) is -0.718. The number of hydrogen-bond donors (Lipinski definition) is 1. The highest BCUT2D eigenvalue weighted by molar-refractivity contribution is 5.82. The predicted molar refractivity (Wildman–Crippen MR) is 118 cm³/mol. The van der Waals surface area contributed by atoms with Crippen LogP contribution in [0.1, 0.15) is 57.2 Å². The van der Waals surface area contributed by atoms with E-state index in [1.807, 2.05) is 17.0 Å². The van der Waals surface area contributed by atoms with Gasteiger partial charge in [-0.1, -0.05) is 32.0 Å². The average molecular weight is 462 g/mol. The van der Waals surface area contributed by atoms with Crippen LogP contribution in [0.25, 0.3) is 10.9 Å². The minimum atomic E-state index is -4.49. The summed E-state index contributed by atoms with van der Waals surface area (Å²) in [4.78, 5) is 18.7. The van der Waals surface area contributed by atoms with Crippen molar-refractivity contribution in [1.82, 2.24) is 15.2 Å². The Kier molecular flexibility index (Phi) is 5.64. The first-order valence-electron chi connectivity index (χ1n) is 11.8. The molecule has 1 aromatic heterocycles. The SMILES string of the molecule is CC(C)[C@H]1CO[C@]23CC[C@@H](NCc4cc(C(F)(F)F)nc5ccccc45)C[C@H]2CCC(=O)N13. The van der Waals surface area contributed by atoms with Crippen molar-refractivity contribution >= 4 is 16.8 Å². The van der Waals surface area contributed by atoms with Crippen molar-refractivity contribution in [3.8, 4) is 0 Å². The number of rotatable bonds is 4. The first-order valence-corrected chi connectivity index (χ1v) is 11.8. The van der Waals surface area contributed by atoms with Crippen LogP contribution in [0.15, 0.2) is 30.3 Å². The minimum absolute atomic E-state index is 0.119. The van der Waals surface area contributed by atoms with Gasteiger partial charge >= 0.3 is 6.18 Å². The van der Waals surface area contributed by atoms with Crippen molar-refractivity contribution in [2.75, 3.05) is 6.61 Å². The first kappa shape index (κ1) is 22.6. The van der Waals surface area contributed by atoms with Gasteiger partial charge in [0.25, 0.3) is 0 Å². The molecule has 5 nitrogen and oxygen atoms in total. The summed E-state index contributed by atoms with van der Waals surface area (Å²) < 4.78 is 46.5. The highest BCUT2D eigenvalue weighted by Gasteiger charge is 2.59. The lowest BCUT2D eigenvalue weighted by Gasteiger charge is -2.52. The Morgan fingerprint density at radius 1 is 1.27 bits per heavy atom. The second-order valence-electron chi connectivity index (χ2n) is 10.0. The number of pyridine rings is 1. The maximum absolute atomic E-state index is 13.4. The molecule has 0 unspecified atom stereocenters. The van der Waals surface area contributed by atoms with Crippen LogP contribution in [0.4, 0.5) is 13.2 Å². The second kappa shape index (κ2) is 8.24. The molecule has 0 bridgehead atoms. The van der Waals surface area contributed by atoms with Gasteiger partial charge in [-0.3, -0.25) is 4.79 Å². The number of fused-ring (bicyclic) bond motifs is 1. The molecule has 1 amide bonds. The Balaban J connectivity index is 1.33. The van der Waals surface area contributed by atoms with E-state index in [9.17, 15) is 18.0 Å². The molecule has 3 aliphatic rings. The summed E-state index contributed by atoms with van der Waals surface area (Å²) >= 11 is 0. The van der Waals surface area contributed by atoms with Crippen molar-refractivity contribution in [2.24, 2.45) is 11.8 Å². The van der Waals surface area contributed by atoms with Gasteiger partial charge < -0.3 is 15.0 Å². The Morgan fingerprint density at radius 3 is 2.82 bits per heavy atom. The Hall–Kier alpha value is -2.19. The molecule has 1 saturated carbocycles. The number of para-hydroxylation sites is 1. The van der Waals surface area contributed by atoms with Crippen LogP contribution in [-0.4, -0.2) is 40.2 Å². The van der Waals surface area contributed by atoms with Gasteiger partial charge in [-0.15, -0.1) is 0 Å². The van der Waals surface area contributed by atoms with Crippen molar-refractivity contribution in [3.05, 3.63) is 41.6 Å². The molecule has 1 spiro atoms. The minimum Gasteiger partial charge on any atom is -0.353 e. The van der Waals surface area contributed by atoms with Crippen molar-refractivity contribution in [3.63, 3.8) is 0 Å². The summed E-state index contributed by atoms with van der Waals surface area (Å²) in [7, 11) is 0. The molecular weight excluding hydrogens is 431 g/mol. The zero-order chi connectivity index (χ0) is 23.4. The standard InChI is InChI=1S/C25H30F3N3O2/c1-15(2)21-14-33-24-10-9-18(12-17(24)7-8-23(32)31(21)24)29-13-16-11-22(25(26,27)28)30-20-6-4-3-5-19(16)20/h3-6,11,15,17-18,21,29H,7-10,12-14H2,1-2H3/t17-,18-,21-,24-/m1/s1. The van der Waals surface area contributed by atoms with Crippen LogP contribution >= 0.6 is 0 Å². The highest BCUT2D eigenvalue weighted by atomic mass is 19.4. The fraction of sp³-hybridized carbons (Fsp3) is 0.600. The number of aromatic nitrogens is 1. The van der Waals surface area contributed by atoms with E-state index in [0.29, 0.717) is 36.6 Å². The van der Waals surface area contributed by atoms with Crippen LogP contribution in [0.2, 0.25) is 0 Å². The lowest BCUT2D eigenvalue weighted by atomic mass is 9.72. The Morgan fingerprint density at radius 2 is 2.06 bits per heavy atom. The van der Waals surface area contributed by atoms with E-state index >= 15 is 0 Å². The molecule has 4 atom stereocenters. The van der Waals surface area contributed by atoms with Crippen molar-refractivity contribution < 1.29 is 22.7 Å². The second-order valence-corrected chi connectivity index (χ2v) is 10.0. The molecule has 0 radical (unpaired) electrons. The number of carbonyl (C=O) groups excluding carboxylic acids is 1. The van der Waals surface area contributed by atoms with E-state index in [2.05, 4.69) is 24.1 Å². The van der Waals surface area contributed by atoms with Gasteiger partial charge in [-0.2, -0.15) is 13.2 Å². The third-order valence-corrected chi connectivity index (χ3v) is 7.72. The third kappa shape index (κ3) is 3.91. The molecule has 2 saturated heterocycles. The highest BCUT2D eigenvalue weighted by Crippen LogP contribution is 2.50. The maximum Gasteiger partial charge on any atom is 0.433 e. The third-order valence-electron chi connectivity index (χ3n) is 7.72. The molecular formula is C25H30F3N3O2. The van der Waals surface area contributed by atoms with E-state index in [-0.39, 0.29) is 23.9 Å². The van der Waals surface area contributed by atoms with Crippen LogP contribution < -0.4 is 5.32 Å². The van der Waals surface area contributed by atoms with E-state index in [0.717, 1.165) is 37.1 Å². The largest absolute Gasteiger partial charge is 0.433 e. The number of ether oxygens (including phenoxy) is 1. The molecule has 178 valence electrons. The number of benzene rings is 1. The molecule has 1 aromatic carbocycles. The lowest BCUT2D eigenvalue weighted by Crippen LogP contribution is -2.62. The Bertz CT molecular complexity index is 1060. The maximum atomic E-state index is 13.4. The van der Waals surface area contributed by atoms with E-state index in [1.54, 1.807) is 12.1 Å². The molecule has 33 heavy (non-hydrogen) atoms. The van der Waals surface area contributed by atoms with Gasteiger partial charge in [0.1, 0.15) is 11.4 Å². The molecule has 3 heterocycles. The van der Waals surface area contributed by atoms with Gasteiger partial charge in [0.15, 0.2) is 0 Å². The summed E-state index contributed by atoms with van der Waals surface area (Å²) in [5, 5.41) is 4.24. The number of alkyl halides is 3. The van der Waals surface area contributed by atoms with Crippen LogP contribution in [0.5, 0.6) is 0 Å². The van der Waals surface area contributed by atoms with Gasteiger partial charge in [0.05, 0.1) is 18.2 Å². The zero-order valence-corrected chi connectivity index (χ0v) is 19.0. The summed E-state index contributed by atoms with van der Waals surface area (Å²) in [5.74, 6) is 0.771. The first-order chi connectivity index (χ1) is 15.7. The molecule has 3 fully saturated rings. The van der Waals surface area contributed by atoms with E-state index in [4.69, 9.17) is 4.74 Å². The number of halogens is 3. The van der Waals surface area contributed by atoms with Gasteiger partial charge in [0, 0.05) is 30.3 Å². The fourth-order valence-corrected chi connectivity index (χ4v) is 6.02. The van der Waals surface area contributed by atoms with Crippen molar-refractivity contribution in [2.45, 2.75) is 76.5 Å². The molecule has 1 N–H and O–H groups in total. The smallest absolute Gasteiger partial charge is 0.353 e. The van der Waals surface area contributed by atoms with Gasteiger partial charge in [-0.05, 0) is 49.3 Å². The molecule has 5 rings (SSSR count). The molecule has 8 heteroatoms. The van der Waals surface area contributed by atoms with E-state index < -0.39 is 17.6 Å². The van der Waals surface area contributed by atoms with Gasteiger partial charge in [0.2, 0.25) is 5.91 Å². The Labute approximate surface area is 191 Å². The number of nitrogens with zero attached hydrogens (tertiary/aromatic N) is 2. The number of carbonyl (C=O) groups is 1. The van der Waals surface area contributed by atoms with Crippen molar-refractivity contribution in [1.29, 1.82) is 0 Å². The number of nitrogens with one attached hydrogen (secondary N) is 1. The van der Waals surface area contributed by atoms with Gasteiger partial charge in [-0.25, -0.2) is 4.98 Å². The molecule has 1 aliphatic carbocycles. The number of amides is 1. The fourth-order valence-electron chi connectivity index (χ4n) is 6.02. The number of piperidine rings is 1. The molecule has 2 aromatic rings. The normalized spacial score (nSPS) is 30.1. The predicted octanol–water partition coefficient (Wildman–Crippen LogP) is 4.89. The number of hydrogen-bond acceptors (Lipinski definition) is 4. The quantitative estimate of drug-likeness (QED) is 0.705. The van der Waals surface area contributed by atoms with Crippen LogP contribution in [-0.2, 0) is 22.3 Å². The summed E-state index contributed by atoms with van der Waals surface area (Å²) in [6.45, 7) is 5.19. The van der Waals surface area contributed by atoms with Crippen LogP contribution in [0.3, 0.4) is 0 Å². The lowest BCUT2D eigenvalue weighted by molar-refractivity contribution is -0.188. The zero-order valence-electron chi connectivity index (χ0n) is 19.0. The van der Waals surface area contributed by atoms with Crippen LogP contribution in [0, 0.1) is 11.8 Å². The average Bonchev–Trinajstić information content (AvgIpc) is 3.18. The topological polar surface area (TPSA) is 54.5 Å².